The number of ether oxygens (including phenoxy) is 1. The minimum Gasteiger partial charge on any atom is -0.495 e. The third kappa shape index (κ3) is 8.33. The number of hydrogen-bond donors (Lipinski definition) is 1. The van der Waals surface area contributed by atoms with Gasteiger partial charge in [0.05, 0.1) is 17.7 Å². The Morgan fingerprint density at radius 2 is 1.56 bits per heavy atom. The number of hydrogen-bond acceptors (Lipinski definition) is 5. The number of benzene rings is 3. The van der Waals surface area contributed by atoms with Crippen LogP contribution in [0.5, 0.6) is 5.75 Å². The number of aryl methyl sites for hydroxylation is 1. The summed E-state index contributed by atoms with van der Waals surface area (Å²) in [5.74, 6) is -0.180. The van der Waals surface area contributed by atoms with Gasteiger partial charge in [-0.15, -0.1) is 0 Å². The molecule has 9 heteroatoms. The Balaban J connectivity index is 2.03. The van der Waals surface area contributed by atoms with Crippen molar-refractivity contribution in [3.05, 3.63) is 90.0 Å². The van der Waals surface area contributed by atoms with Crippen LogP contribution in [0, 0.1) is 12.8 Å². The second-order valence-corrected chi connectivity index (χ2v) is 12.2. The van der Waals surface area contributed by atoms with Gasteiger partial charge in [0.2, 0.25) is 11.8 Å². The van der Waals surface area contributed by atoms with E-state index in [1.165, 1.54) is 24.1 Å². The van der Waals surface area contributed by atoms with Crippen LogP contribution in [0.4, 0.5) is 5.69 Å². The SMILES string of the molecule is CC[C@@H](C(=O)NCC(C)C)N(CCc1ccccc1)C(=O)CN(c1ccccc1OC)S(=O)(=O)c1ccc(C)cc1. The topological polar surface area (TPSA) is 96.0 Å². The van der Waals surface area contributed by atoms with E-state index in [4.69, 9.17) is 4.74 Å². The van der Waals surface area contributed by atoms with Crippen molar-refractivity contribution in [2.24, 2.45) is 5.92 Å². The van der Waals surface area contributed by atoms with Gasteiger partial charge in [0.1, 0.15) is 18.3 Å². The molecule has 0 aliphatic carbocycles. The second-order valence-electron chi connectivity index (χ2n) is 10.4. The van der Waals surface area contributed by atoms with Gasteiger partial charge in [0.25, 0.3) is 10.0 Å². The fourth-order valence-corrected chi connectivity index (χ4v) is 5.93. The maximum Gasteiger partial charge on any atom is 0.264 e. The van der Waals surface area contributed by atoms with Crippen molar-refractivity contribution in [1.29, 1.82) is 0 Å². The van der Waals surface area contributed by atoms with Crippen LogP contribution in [-0.4, -0.2) is 57.9 Å². The molecule has 8 nitrogen and oxygen atoms in total. The van der Waals surface area contributed by atoms with Crippen molar-refractivity contribution in [3.8, 4) is 5.75 Å². The first kappa shape index (κ1) is 31.7. The lowest BCUT2D eigenvalue weighted by Crippen LogP contribution is -2.53. The Kier molecular flexibility index (Phi) is 11.3. The molecule has 0 aliphatic rings. The maximum atomic E-state index is 14.1. The lowest BCUT2D eigenvalue weighted by molar-refractivity contribution is -0.139. The quantitative estimate of drug-likeness (QED) is 0.295. The lowest BCUT2D eigenvalue weighted by Gasteiger charge is -2.33. The van der Waals surface area contributed by atoms with Crippen molar-refractivity contribution >= 4 is 27.5 Å². The molecule has 0 unspecified atom stereocenters. The third-order valence-electron chi connectivity index (χ3n) is 6.80. The van der Waals surface area contributed by atoms with Gasteiger partial charge in [0.15, 0.2) is 0 Å². The number of nitrogens with one attached hydrogen (secondary N) is 1. The zero-order chi connectivity index (χ0) is 30.0. The summed E-state index contributed by atoms with van der Waals surface area (Å²) in [6.07, 6.45) is 0.893. The molecular weight excluding hydrogens is 538 g/mol. The Morgan fingerprint density at radius 1 is 0.927 bits per heavy atom. The van der Waals surface area contributed by atoms with Gasteiger partial charge in [-0.25, -0.2) is 8.42 Å². The Morgan fingerprint density at radius 3 is 2.17 bits per heavy atom. The second kappa shape index (κ2) is 14.7. The summed E-state index contributed by atoms with van der Waals surface area (Å²) in [6, 6.07) is 22.1. The number of nitrogens with zero attached hydrogens (tertiary/aromatic N) is 2. The average Bonchev–Trinajstić information content (AvgIpc) is 2.97. The lowest BCUT2D eigenvalue weighted by atomic mass is 10.1. The molecule has 0 aliphatic heterocycles. The molecule has 0 bridgehead atoms. The van der Waals surface area contributed by atoms with Crippen molar-refractivity contribution in [3.63, 3.8) is 0 Å². The standard InChI is InChI=1S/C32H41N3O5S/c1-6-28(32(37)33-22-24(2)3)34(21-20-26-12-8-7-9-13-26)31(36)23-35(29-14-10-11-15-30(29)40-5)41(38,39)27-18-16-25(4)17-19-27/h7-19,24,28H,6,20-23H2,1-5H3,(H,33,37)/t28-/m0/s1. The molecule has 0 saturated carbocycles. The van der Waals surface area contributed by atoms with E-state index in [2.05, 4.69) is 5.32 Å². The third-order valence-corrected chi connectivity index (χ3v) is 8.57. The number of carbonyl (C=O) groups excluding carboxylic acids is 2. The van der Waals surface area contributed by atoms with Crippen LogP contribution in [0.15, 0.2) is 83.8 Å². The predicted molar refractivity (Wildman–Crippen MR) is 162 cm³/mol. The highest BCUT2D eigenvalue weighted by molar-refractivity contribution is 7.92. The summed E-state index contributed by atoms with van der Waals surface area (Å²) >= 11 is 0. The van der Waals surface area contributed by atoms with Gasteiger partial charge < -0.3 is 15.0 Å². The summed E-state index contributed by atoms with van der Waals surface area (Å²) in [4.78, 5) is 29.0. The normalized spacial score (nSPS) is 12.0. The van der Waals surface area contributed by atoms with E-state index in [1.807, 2.05) is 58.0 Å². The predicted octanol–water partition coefficient (Wildman–Crippen LogP) is 4.82. The number of anilines is 1. The van der Waals surface area contributed by atoms with Crippen LogP contribution in [0.25, 0.3) is 0 Å². The van der Waals surface area contributed by atoms with E-state index in [9.17, 15) is 18.0 Å². The monoisotopic (exact) mass is 579 g/mol. The first-order valence-corrected chi connectivity index (χ1v) is 15.4. The summed E-state index contributed by atoms with van der Waals surface area (Å²) < 4.78 is 34.6. The smallest absolute Gasteiger partial charge is 0.264 e. The number of amides is 2. The van der Waals surface area contributed by atoms with Gasteiger partial charge in [-0.2, -0.15) is 0 Å². The molecule has 0 fully saturated rings. The first-order chi connectivity index (χ1) is 19.6. The zero-order valence-corrected chi connectivity index (χ0v) is 25.4. The highest BCUT2D eigenvalue weighted by Gasteiger charge is 2.34. The van der Waals surface area contributed by atoms with Crippen molar-refractivity contribution < 1.29 is 22.7 Å². The number of sulfonamides is 1. The Hall–Kier alpha value is -3.85. The summed E-state index contributed by atoms with van der Waals surface area (Å²) in [5.41, 5.74) is 2.16. The van der Waals surface area contributed by atoms with Crippen LogP contribution in [0.1, 0.15) is 38.3 Å². The van der Waals surface area contributed by atoms with Crippen molar-refractivity contribution in [1.82, 2.24) is 10.2 Å². The van der Waals surface area contributed by atoms with Crippen LogP contribution in [0.3, 0.4) is 0 Å². The summed E-state index contributed by atoms with van der Waals surface area (Å²) in [7, 11) is -2.71. The number of carbonyl (C=O) groups is 2. The van der Waals surface area contributed by atoms with Gasteiger partial charge in [0, 0.05) is 13.1 Å². The number of rotatable bonds is 14. The van der Waals surface area contributed by atoms with Crippen molar-refractivity contribution in [2.45, 2.75) is 51.5 Å². The van der Waals surface area contributed by atoms with Gasteiger partial charge >= 0.3 is 0 Å². The number of para-hydroxylation sites is 2. The molecule has 0 spiro atoms. The molecule has 1 N–H and O–H groups in total. The molecule has 0 saturated heterocycles. The summed E-state index contributed by atoms with van der Waals surface area (Å²) in [5, 5.41) is 2.95. The minimum absolute atomic E-state index is 0.0550. The molecule has 1 atom stereocenters. The Bertz CT molecular complexity index is 1390. The molecule has 0 aromatic heterocycles. The largest absolute Gasteiger partial charge is 0.495 e. The van der Waals surface area contributed by atoms with E-state index >= 15 is 0 Å². The Labute approximate surface area is 244 Å². The van der Waals surface area contributed by atoms with Crippen LogP contribution in [-0.2, 0) is 26.0 Å². The van der Waals surface area contributed by atoms with Crippen LogP contribution < -0.4 is 14.4 Å². The van der Waals surface area contributed by atoms with E-state index in [-0.39, 0.29) is 29.0 Å². The summed E-state index contributed by atoms with van der Waals surface area (Å²) in [6.45, 7) is 7.95. The average molecular weight is 580 g/mol. The van der Waals surface area contributed by atoms with Gasteiger partial charge in [-0.05, 0) is 55.5 Å². The molecule has 0 heterocycles. The van der Waals surface area contributed by atoms with Crippen LogP contribution >= 0.6 is 0 Å². The minimum atomic E-state index is -4.17. The molecule has 3 aromatic carbocycles. The fourth-order valence-electron chi connectivity index (χ4n) is 4.51. The molecule has 3 aromatic rings. The highest BCUT2D eigenvalue weighted by atomic mass is 32.2. The molecule has 220 valence electrons. The van der Waals surface area contributed by atoms with Gasteiger partial charge in [-0.1, -0.05) is 80.9 Å². The molecule has 3 rings (SSSR count). The molecule has 0 radical (unpaired) electrons. The zero-order valence-electron chi connectivity index (χ0n) is 24.5. The fraction of sp³-hybridized carbons (Fsp3) is 0.375. The number of methoxy groups -OCH3 is 1. The van der Waals surface area contributed by atoms with Crippen LogP contribution in [0.2, 0.25) is 0 Å². The highest BCUT2D eigenvalue weighted by Crippen LogP contribution is 2.32. The maximum absolute atomic E-state index is 14.1. The van der Waals surface area contributed by atoms with E-state index in [1.54, 1.807) is 36.4 Å². The van der Waals surface area contributed by atoms with E-state index < -0.39 is 28.5 Å². The molecular formula is C32H41N3O5S. The van der Waals surface area contributed by atoms with E-state index in [0.29, 0.717) is 25.1 Å². The van der Waals surface area contributed by atoms with E-state index in [0.717, 1.165) is 15.4 Å². The first-order valence-electron chi connectivity index (χ1n) is 13.9. The van der Waals surface area contributed by atoms with Gasteiger partial charge in [-0.3, -0.25) is 13.9 Å². The molecule has 2 amide bonds. The molecule has 41 heavy (non-hydrogen) atoms. The van der Waals surface area contributed by atoms with Crippen molar-refractivity contribution in [2.75, 3.05) is 31.0 Å².